The lowest BCUT2D eigenvalue weighted by molar-refractivity contribution is 0.108. The van der Waals surface area contributed by atoms with E-state index in [2.05, 4.69) is 29.2 Å². The van der Waals surface area contributed by atoms with Crippen molar-refractivity contribution in [3.05, 3.63) is 59.5 Å². The van der Waals surface area contributed by atoms with Gasteiger partial charge in [0.2, 0.25) is 0 Å². The Bertz CT molecular complexity index is 549. The summed E-state index contributed by atoms with van der Waals surface area (Å²) in [6.45, 7) is 3.67. The Hall–Kier alpha value is -1.58. The predicted molar refractivity (Wildman–Crippen MR) is 78.4 cm³/mol. The van der Waals surface area contributed by atoms with Crippen molar-refractivity contribution >= 4 is 0 Å². The van der Waals surface area contributed by atoms with Crippen molar-refractivity contribution in [1.29, 1.82) is 0 Å². The number of furan rings is 1. The van der Waals surface area contributed by atoms with E-state index in [1.807, 2.05) is 25.1 Å². The van der Waals surface area contributed by atoms with Gasteiger partial charge >= 0.3 is 0 Å². The molecule has 1 fully saturated rings. The molecule has 0 aliphatic carbocycles. The molecular weight excluding hydrogens is 250 g/mol. The topological polar surface area (TPSA) is 36.6 Å². The molecule has 2 aromatic rings. The van der Waals surface area contributed by atoms with Crippen LogP contribution < -0.4 is 0 Å². The number of benzene rings is 1. The van der Waals surface area contributed by atoms with Crippen LogP contribution >= 0.6 is 0 Å². The van der Waals surface area contributed by atoms with Crippen molar-refractivity contribution < 1.29 is 9.52 Å². The monoisotopic (exact) mass is 271 g/mol. The number of aliphatic hydroxyl groups excluding tert-OH is 1. The molecule has 2 atom stereocenters. The maximum atomic E-state index is 10.2. The third kappa shape index (κ3) is 2.94. The van der Waals surface area contributed by atoms with Gasteiger partial charge in [0.05, 0.1) is 12.6 Å². The Labute approximate surface area is 119 Å². The highest BCUT2D eigenvalue weighted by Crippen LogP contribution is 2.24. The first kappa shape index (κ1) is 13.4. The minimum atomic E-state index is -0.244. The van der Waals surface area contributed by atoms with E-state index in [1.165, 1.54) is 5.56 Å². The van der Waals surface area contributed by atoms with Crippen LogP contribution in [-0.2, 0) is 13.0 Å². The van der Waals surface area contributed by atoms with E-state index in [0.717, 1.165) is 37.5 Å². The zero-order valence-corrected chi connectivity index (χ0v) is 11.8. The van der Waals surface area contributed by atoms with Crippen molar-refractivity contribution in [2.75, 3.05) is 6.54 Å². The van der Waals surface area contributed by atoms with Gasteiger partial charge in [0.25, 0.3) is 0 Å². The average molecular weight is 271 g/mol. The number of rotatable bonds is 4. The highest BCUT2D eigenvalue weighted by Gasteiger charge is 2.33. The van der Waals surface area contributed by atoms with Gasteiger partial charge in [-0.2, -0.15) is 0 Å². The lowest BCUT2D eigenvalue weighted by Crippen LogP contribution is -2.36. The van der Waals surface area contributed by atoms with Crippen LogP contribution in [0, 0.1) is 6.92 Å². The fraction of sp³-hybridized carbons (Fsp3) is 0.412. The molecule has 1 aromatic heterocycles. The summed E-state index contributed by atoms with van der Waals surface area (Å²) in [6.07, 6.45) is 1.49. The number of likely N-dealkylation sites (tertiary alicyclic amines) is 1. The summed E-state index contributed by atoms with van der Waals surface area (Å²) < 4.78 is 5.66. The zero-order chi connectivity index (χ0) is 13.9. The molecule has 2 heterocycles. The maximum absolute atomic E-state index is 10.2. The van der Waals surface area contributed by atoms with Crippen molar-refractivity contribution in [2.24, 2.45) is 0 Å². The lowest BCUT2D eigenvalue weighted by atomic mass is 10.0. The molecule has 0 bridgehead atoms. The van der Waals surface area contributed by atoms with Crippen molar-refractivity contribution in [3.63, 3.8) is 0 Å². The summed E-state index contributed by atoms with van der Waals surface area (Å²) in [5.41, 5.74) is 1.28. The van der Waals surface area contributed by atoms with Crippen LogP contribution in [0.15, 0.2) is 46.9 Å². The summed E-state index contributed by atoms with van der Waals surface area (Å²) in [7, 11) is 0. The van der Waals surface area contributed by atoms with Crippen LogP contribution in [-0.4, -0.2) is 28.7 Å². The molecule has 3 rings (SSSR count). The Morgan fingerprint density at radius 1 is 1.20 bits per heavy atom. The molecule has 1 aliphatic heterocycles. The lowest BCUT2D eigenvalue weighted by Gasteiger charge is -2.25. The molecule has 0 radical (unpaired) electrons. The Morgan fingerprint density at radius 2 is 2.00 bits per heavy atom. The van der Waals surface area contributed by atoms with Crippen LogP contribution in [0.1, 0.15) is 23.5 Å². The molecular formula is C17H21NO2. The molecule has 3 nitrogen and oxygen atoms in total. The maximum Gasteiger partial charge on any atom is 0.118 e. The van der Waals surface area contributed by atoms with E-state index in [-0.39, 0.29) is 12.1 Å². The van der Waals surface area contributed by atoms with Crippen molar-refractivity contribution in [1.82, 2.24) is 4.90 Å². The molecule has 1 aromatic carbocycles. The largest absolute Gasteiger partial charge is 0.465 e. The van der Waals surface area contributed by atoms with Crippen molar-refractivity contribution in [3.8, 4) is 0 Å². The molecule has 106 valence electrons. The summed E-state index contributed by atoms with van der Waals surface area (Å²) in [5.74, 6) is 1.93. The van der Waals surface area contributed by atoms with Gasteiger partial charge in [-0.3, -0.25) is 4.90 Å². The van der Waals surface area contributed by atoms with E-state index in [9.17, 15) is 5.11 Å². The summed E-state index contributed by atoms with van der Waals surface area (Å²) >= 11 is 0. The Morgan fingerprint density at radius 3 is 2.70 bits per heavy atom. The van der Waals surface area contributed by atoms with Crippen LogP contribution in [0.3, 0.4) is 0 Å². The van der Waals surface area contributed by atoms with Gasteiger partial charge in [-0.15, -0.1) is 0 Å². The van der Waals surface area contributed by atoms with E-state index in [0.29, 0.717) is 0 Å². The van der Waals surface area contributed by atoms with Gasteiger partial charge in [-0.1, -0.05) is 30.3 Å². The number of hydrogen-bond donors (Lipinski definition) is 1. The smallest absolute Gasteiger partial charge is 0.118 e. The predicted octanol–water partition coefficient (Wildman–Crippen LogP) is 2.77. The SMILES string of the molecule is Cc1ccc(CN2CC[C@@H](O)[C@@H]2Cc2ccccc2)o1. The molecule has 1 N–H and O–H groups in total. The van der Waals surface area contributed by atoms with E-state index < -0.39 is 0 Å². The second-order valence-electron chi connectivity index (χ2n) is 5.60. The second kappa shape index (κ2) is 5.81. The van der Waals surface area contributed by atoms with Gasteiger partial charge in [-0.25, -0.2) is 0 Å². The molecule has 0 saturated carbocycles. The zero-order valence-electron chi connectivity index (χ0n) is 11.8. The minimum absolute atomic E-state index is 0.183. The summed E-state index contributed by atoms with van der Waals surface area (Å²) in [4.78, 5) is 2.33. The molecule has 1 aliphatic rings. The Balaban J connectivity index is 1.70. The average Bonchev–Trinajstić information content (AvgIpc) is 3.01. The fourth-order valence-electron chi connectivity index (χ4n) is 2.99. The first-order valence-corrected chi connectivity index (χ1v) is 7.24. The second-order valence-corrected chi connectivity index (χ2v) is 5.60. The van der Waals surface area contributed by atoms with E-state index in [1.54, 1.807) is 0 Å². The van der Waals surface area contributed by atoms with Gasteiger partial charge in [0.15, 0.2) is 0 Å². The Kier molecular flexibility index (Phi) is 3.90. The van der Waals surface area contributed by atoms with Crippen LogP contribution in [0.2, 0.25) is 0 Å². The highest BCUT2D eigenvalue weighted by atomic mass is 16.3. The third-order valence-corrected chi connectivity index (χ3v) is 4.07. The van der Waals surface area contributed by atoms with E-state index >= 15 is 0 Å². The molecule has 1 saturated heterocycles. The van der Waals surface area contributed by atoms with Crippen LogP contribution in [0.25, 0.3) is 0 Å². The summed E-state index contributed by atoms with van der Waals surface area (Å²) in [5, 5.41) is 10.2. The van der Waals surface area contributed by atoms with Crippen LogP contribution in [0.5, 0.6) is 0 Å². The number of nitrogens with zero attached hydrogens (tertiary/aromatic N) is 1. The standard InChI is InChI=1S/C17H21NO2/c1-13-7-8-15(20-13)12-18-10-9-17(19)16(18)11-14-5-3-2-4-6-14/h2-8,16-17,19H,9-12H2,1H3/t16-,17+/m0/s1. The van der Waals surface area contributed by atoms with E-state index in [4.69, 9.17) is 4.42 Å². The highest BCUT2D eigenvalue weighted by molar-refractivity contribution is 5.17. The number of aryl methyl sites for hydroxylation is 1. The fourth-order valence-corrected chi connectivity index (χ4v) is 2.99. The molecule has 0 amide bonds. The molecule has 20 heavy (non-hydrogen) atoms. The van der Waals surface area contributed by atoms with Gasteiger partial charge in [0, 0.05) is 12.6 Å². The van der Waals surface area contributed by atoms with Gasteiger partial charge < -0.3 is 9.52 Å². The first-order valence-electron chi connectivity index (χ1n) is 7.24. The number of hydrogen-bond acceptors (Lipinski definition) is 3. The quantitative estimate of drug-likeness (QED) is 0.929. The van der Waals surface area contributed by atoms with Crippen LogP contribution in [0.4, 0.5) is 0 Å². The van der Waals surface area contributed by atoms with Crippen molar-refractivity contribution in [2.45, 2.75) is 38.5 Å². The summed E-state index contributed by atoms with van der Waals surface area (Å²) in [6, 6.07) is 14.6. The van der Waals surface area contributed by atoms with Gasteiger partial charge in [0.1, 0.15) is 11.5 Å². The molecule has 3 heteroatoms. The normalized spacial score (nSPS) is 23.3. The third-order valence-electron chi connectivity index (χ3n) is 4.07. The van der Waals surface area contributed by atoms with Gasteiger partial charge in [-0.05, 0) is 37.5 Å². The number of aliphatic hydroxyl groups is 1. The molecule has 0 unspecified atom stereocenters. The molecule has 0 spiro atoms. The minimum Gasteiger partial charge on any atom is -0.465 e. The first-order chi connectivity index (χ1) is 9.72.